The Balaban J connectivity index is 1.95. The predicted molar refractivity (Wildman–Crippen MR) is 143 cm³/mol. The van der Waals surface area contributed by atoms with Gasteiger partial charge in [-0.2, -0.15) is 13.2 Å². The maximum absolute atomic E-state index is 13.6. The largest absolute Gasteiger partial charge is 0.416 e. The van der Waals surface area contributed by atoms with Gasteiger partial charge in [-0.1, -0.05) is 52.5 Å². The number of sulfonamides is 1. The lowest BCUT2D eigenvalue weighted by molar-refractivity contribution is -0.139. The number of rotatable bonds is 9. The summed E-state index contributed by atoms with van der Waals surface area (Å²) in [7, 11) is -4.25. The van der Waals surface area contributed by atoms with Crippen molar-refractivity contribution in [2.75, 3.05) is 17.1 Å². The smallest absolute Gasteiger partial charge is 0.352 e. The van der Waals surface area contributed by atoms with Crippen LogP contribution in [0.5, 0.6) is 0 Å². The molecule has 1 saturated carbocycles. The Hall–Kier alpha value is -2.31. The molecule has 0 aromatic heterocycles. The number of carbonyl (C=O) groups is 2. The molecule has 2 aromatic carbocycles. The number of hydrogen-bond acceptors (Lipinski definition) is 4. The molecule has 1 N–H and O–H groups in total. The second-order valence-corrected chi connectivity index (χ2v) is 12.5. The standard InChI is InChI=1S/C25H28BrClF3N3O4S/c1-16(24(35)31-20-5-3-4-6-20)32(14-17-7-10-19(26)11-8-17)23(34)15-33(38(2,36)37)22-13-18(25(28,29)30)9-12-21(22)27/h7-13,16,20H,3-6,14-15H2,1-2H3,(H,31,35)/t16-/m0/s1. The molecule has 0 bridgehead atoms. The Morgan fingerprint density at radius 2 is 1.74 bits per heavy atom. The normalized spacial score (nSPS) is 15.2. The van der Waals surface area contributed by atoms with Crippen molar-refractivity contribution in [3.05, 3.63) is 63.1 Å². The van der Waals surface area contributed by atoms with Crippen molar-refractivity contribution in [3.63, 3.8) is 0 Å². The molecule has 1 fully saturated rings. The fraction of sp³-hybridized carbons (Fsp3) is 0.440. The third-order valence-corrected chi connectivity index (χ3v) is 8.33. The molecule has 1 aliphatic carbocycles. The summed E-state index contributed by atoms with van der Waals surface area (Å²) in [6.07, 6.45) is -0.354. The molecule has 208 valence electrons. The Morgan fingerprint density at radius 3 is 2.29 bits per heavy atom. The number of carbonyl (C=O) groups excluding carboxylic acids is 2. The van der Waals surface area contributed by atoms with Crippen molar-refractivity contribution < 1.29 is 31.2 Å². The van der Waals surface area contributed by atoms with E-state index in [4.69, 9.17) is 11.6 Å². The maximum Gasteiger partial charge on any atom is 0.416 e. The number of nitrogens with zero attached hydrogens (tertiary/aromatic N) is 2. The van der Waals surface area contributed by atoms with Gasteiger partial charge in [0.2, 0.25) is 21.8 Å². The fourth-order valence-electron chi connectivity index (χ4n) is 4.24. The van der Waals surface area contributed by atoms with Gasteiger partial charge in [-0.05, 0) is 55.7 Å². The van der Waals surface area contributed by atoms with E-state index in [1.165, 1.54) is 11.8 Å². The van der Waals surface area contributed by atoms with Gasteiger partial charge in [-0.15, -0.1) is 0 Å². The summed E-state index contributed by atoms with van der Waals surface area (Å²) >= 11 is 9.43. The van der Waals surface area contributed by atoms with E-state index in [0.717, 1.165) is 48.5 Å². The highest BCUT2D eigenvalue weighted by atomic mass is 79.9. The first-order chi connectivity index (χ1) is 17.7. The molecule has 0 spiro atoms. The molecular weight excluding hydrogens is 611 g/mol. The zero-order valence-corrected chi connectivity index (χ0v) is 23.9. The van der Waals surface area contributed by atoms with Crippen molar-refractivity contribution in [2.45, 2.75) is 57.4 Å². The van der Waals surface area contributed by atoms with E-state index >= 15 is 0 Å². The lowest BCUT2D eigenvalue weighted by atomic mass is 10.1. The molecule has 7 nitrogen and oxygen atoms in total. The number of hydrogen-bond donors (Lipinski definition) is 1. The third-order valence-electron chi connectivity index (χ3n) is 6.36. The zero-order valence-electron chi connectivity index (χ0n) is 20.8. The molecule has 1 atom stereocenters. The first-order valence-electron chi connectivity index (χ1n) is 11.9. The SMILES string of the molecule is C[C@@H](C(=O)NC1CCCC1)N(Cc1ccc(Br)cc1)C(=O)CN(c1cc(C(F)(F)F)ccc1Cl)S(C)(=O)=O. The summed E-state index contributed by atoms with van der Waals surface area (Å²) in [4.78, 5) is 27.9. The number of halogens is 5. The fourth-order valence-corrected chi connectivity index (χ4v) is 5.62. The Morgan fingerprint density at radius 1 is 1.13 bits per heavy atom. The molecule has 2 amide bonds. The topological polar surface area (TPSA) is 86.8 Å². The van der Waals surface area contributed by atoms with Crippen LogP contribution in [0.15, 0.2) is 46.9 Å². The van der Waals surface area contributed by atoms with E-state index in [9.17, 15) is 31.2 Å². The molecule has 1 aliphatic rings. The van der Waals surface area contributed by atoms with Crippen LogP contribution in [0.25, 0.3) is 0 Å². The molecular formula is C25H28BrClF3N3O4S. The van der Waals surface area contributed by atoms with Crippen molar-refractivity contribution in [1.82, 2.24) is 10.2 Å². The summed E-state index contributed by atoms with van der Waals surface area (Å²) in [6.45, 7) is 0.653. The monoisotopic (exact) mass is 637 g/mol. The Kier molecular flexibility index (Phi) is 9.75. The van der Waals surface area contributed by atoms with Gasteiger partial charge >= 0.3 is 6.18 Å². The zero-order chi connectivity index (χ0) is 28.3. The average molecular weight is 639 g/mol. The van der Waals surface area contributed by atoms with Gasteiger partial charge in [0.15, 0.2) is 0 Å². The van der Waals surface area contributed by atoms with Crippen LogP contribution in [0.1, 0.15) is 43.7 Å². The van der Waals surface area contributed by atoms with Crippen LogP contribution in [-0.4, -0.2) is 50.0 Å². The minimum absolute atomic E-state index is 0.00832. The van der Waals surface area contributed by atoms with Gasteiger partial charge < -0.3 is 10.2 Å². The molecule has 13 heteroatoms. The number of nitrogens with one attached hydrogen (secondary N) is 1. The first kappa shape index (κ1) is 30.2. The van der Waals surface area contributed by atoms with E-state index < -0.39 is 51.9 Å². The van der Waals surface area contributed by atoms with E-state index in [1.54, 1.807) is 24.3 Å². The molecule has 2 aromatic rings. The van der Waals surface area contributed by atoms with Crippen molar-refractivity contribution >= 4 is 55.1 Å². The number of anilines is 1. The van der Waals surface area contributed by atoms with E-state index in [2.05, 4.69) is 21.2 Å². The highest BCUT2D eigenvalue weighted by Gasteiger charge is 2.35. The van der Waals surface area contributed by atoms with E-state index in [1.807, 2.05) is 0 Å². The Bertz CT molecular complexity index is 1270. The summed E-state index contributed by atoms with van der Waals surface area (Å²) in [5.74, 6) is -1.17. The second-order valence-electron chi connectivity index (χ2n) is 9.25. The molecule has 0 unspecified atom stereocenters. The molecule has 3 rings (SSSR count). The van der Waals surface area contributed by atoms with Crippen LogP contribution in [-0.2, 0) is 32.3 Å². The van der Waals surface area contributed by atoms with Crippen LogP contribution in [0.4, 0.5) is 18.9 Å². The highest BCUT2D eigenvalue weighted by Crippen LogP contribution is 2.36. The predicted octanol–water partition coefficient (Wildman–Crippen LogP) is 5.36. The third kappa shape index (κ3) is 7.86. The number of alkyl halides is 3. The minimum atomic E-state index is -4.76. The molecule has 0 aliphatic heterocycles. The van der Waals surface area contributed by atoms with Crippen molar-refractivity contribution in [1.29, 1.82) is 0 Å². The van der Waals surface area contributed by atoms with E-state index in [0.29, 0.717) is 15.9 Å². The van der Waals surface area contributed by atoms with E-state index in [-0.39, 0.29) is 17.6 Å². The summed E-state index contributed by atoms with van der Waals surface area (Å²) in [5, 5.41) is 2.66. The van der Waals surface area contributed by atoms with Gasteiger partial charge in [0.25, 0.3) is 0 Å². The van der Waals surface area contributed by atoms with Crippen LogP contribution in [0.3, 0.4) is 0 Å². The second kappa shape index (κ2) is 12.3. The first-order valence-corrected chi connectivity index (χ1v) is 14.9. The number of benzene rings is 2. The minimum Gasteiger partial charge on any atom is -0.352 e. The van der Waals surface area contributed by atoms with Crippen molar-refractivity contribution in [2.24, 2.45) is 0 Å². The van der Waals surface area contributed by atoms with Gasteiger partial charge in [-0.25, -0.2) is 8.42 Å². The molecule has 0 saturated heterocycles. The summed E-state index contributed by atoms with van der Waals surface area (Å²) in [6, 6.07) is 8.25. The molecule has 38 heavy (non-hydrogen) atoms. The lowest BCUT2D eigenvalue weighted by Crippen LogP contribution is -2.52. The summed E-state index contributed by atoms with van der Waals surface area (Å²) < 4.78 is 66.7. The Labute approximate surface area is 233 Å². The van der Waals surface area contributed by atoms with Crippen LogP contribution < -0.4 is 9.62 Å². The van der Waals surface area contributed by atoms with Crippen molar-refractivity contribution in [3.8, 4) is 0 Å². The van der Waals surface area contributed by atoms with Gasteiger partial charge in [0.1, 0.15) is 12.6 Å². The molecule has 0 heterocycles. The van der Waals surface area contributed by atoms with Crippen LogP contribution >= 0.6 is 27.5 Å². The number of amides is 2. The maximum atomic E-state index is 13.6. The van der Waals surface area contributed by atoms with Gasteiger partial charge in [0.05, 0.1) is 22.5 Å². The van der Waals surface area contributed by atoms with Crippen LogP contribution in [0, 0.1) is 0 Å². The molecule has 0 radical (unpaired) electrons. The lowest BCUT2D eigenvalue weighted by Gasteiger charge is -2.32. The quantitative estimate of drug-likeness (QED) is 0.401. The summed E-state index contributed by atoms with van der Waals surface area (Å²) in [5.41, 5.74) is -0.928. The average Bonchev–Trinajstić information content (AvgIpc) is 3.33. The van der Waals surface area contributed by atoms with Gasteiger partial charge in [0, 0.05) is 17.1 Å². The van der Waals surface area contributed by atoms with Gasteiger partial charge in [-0.3, -0.25) is 13.9 Å². The van der Waals surface area contributed by atoms with Crippen LogP contribution in [0.2, 0.25) is 5.02 Å². The highest BCUT2D eigenvalue weighted by molar-refractivity contribution is 9.10.